The Morgan fingerprint density at radius 2 is 2.19 bits per heavy atom. The van der Waals surface area contributed by atoms with Crippen molar-refractivity contribution >= 4 is 0 Å². The number of morpholine rings is 1. The van der Waals surface area contributed by atoms with E-state index in [1.807, 2.05) is 0 Å². The molecule has 118 valence electrons. The van der Waals surface area contributed by atoms with Gasteiger partial charge in [-0.3, -0.25) is 4.90 Å². The van der Waals surface area contributed by atoms with Crippen LogP contribution in [0.1, 0.15) is 19.8 Å². The molecule has 1 aliphatic heterocycles. The molecule has 0 saturated carbocycles. The van der Waals surface area contributed by atoms with E-state index in [0.717, 1.165) is 32.5 Å². The highest BCUT2D eigenvalue weighted by Gasteiger charge is 2.21. The molecule has 1 fully saturated rings. The predicted molar refractivity (Wildman–Crippen MR) is 79.0 cm³/mol. The van der Waals surface area contributed by atoms with E-state index in [0.29, 0.717) is 12.3 Å². The Morgan fingerprint density at radius 3 is 2.90 bits per heavy atom. The molecule has 5 heteroatoms. The maximum absolute atomic E-state index is 12.8. The van der Waals surface area contributed by atoms with Crippen LogP contribution >= 0.6 is 0 Å². The zero-order chi connectivity index (χ0) is 15.1. The molecule has 0 amide bonds. The zero-order valence-electron chi connectivity index (χ0n) is 12.5. The minimum Gasteiger partial charge on any atom is -0.491 e. The Bertz CT molecular complexity index is 410. The Morgan fingerprint density at radius 1 is 1.43 bits per heavy atom. The molecule has 2 rings (SSSR count). The first-order valence-corrected chi connectivity index (χ1v) is 7.57. The van der Waals surface area contributed by atoms with Crippen LogP contribution in [0.25, 0.3) is 0 Å². The third kappa shape index (κ3) is 5.61. The molecule has 1 aromatic rings. The van der Waals surface area contributed by atoms with Gasteiger partial charge >= 0.3 is 0 Å². The summed E-state index contributed by atoms with van der Waals surface area (Å²) < 4.78 is 23.9. The Kier molecular flexibility index (Phi) is 6.42. The lowest BCUT2D eigenvalue weighted by atomic mass is 10.1. The van der Waals surface area contributed by atoms with Crippen molar-refractivity contribution in [2.75, 3.05) is 32.8 Å². The lowest BCUT2D eigenvalue weighted by Crippen LogP contribution is -2.46. The summed E-state index contributed by atoms with van der Waals surface area (Å²) in [5.41, 5.74) is 0. The quantitative estimate of drug-likeness (QED) is 0.836. The molecule has 1 aliphatic rings. The smallest absolute Gasteiger partial charge is 0.123 e. The lowest BCUT2D eigenvalue weighted by molar-refractivity contribution is -0.0474. The molecule has 0 aromatic heterocycles. The topological polar surface area (TPSA) is 41.9 Å². The number of aliphatic hydroxyl groups is 1. The van der Waals surface area contributed by atoms with Crippen molar-refractivity contribution in [1.82, 2.24) is 4.90 Å². The van der Waals surface area contributed by atoms with E-state index in [9.17, 15) is 9.50 Å². The van der Waals surface area contributed by atoms with Crippen LogP contribution in [0, 0.1) is 5.82 Å². The van der Waals surface area contributed by atoms with Crippen molar-refractivity contribution in [2.24, 2.45) is 0 Å². The van der Waals surface area contributed by atoms with Crippen LogP contribution in [-0.4, -0.2) is 55.1 Å². The van der Waals surface area contributed by atoms with E-state index in [4.69, 9.17) is 9.47 Å². The number of rotatable bonds is 7. The van der Waals surface area contributed by atoms with Gasteiger partial charge in [0.1, 0.15) is 24.3 Å². The highest BCUT2D eigenvalue weighted by molar-refractivity contribution is 5.22. The van der Waals surface area contributed by atoms with Crippen molar-refractivity contribution in [3.05, 3.63) is 30.1 Å². The van der Waals surface area contributed by atoms with Gasteiger partial charge < -0.3 is 14.6 Å². The summed E-state index contributed by atoms with van der Waals surface area (Å²) in [6.45, 7) is 5.35. The number of benzene rings is 1. The molecule has 1 aromatic carbocycles. The third-order valence-corrected chi connectivity index (χ3v) is 3.56. The van der Waals surface area contributed by atoms with Gasteiger partial charge in [-0.2, -0.15) is 0 Å². The standard InChI is InChI=1S/C16H24FNO3/c1-2-3-16-11-18(8-9-20-16)10-14(19)12-21-15-6-4-13(17)5-7-15/h4-7,14,16,19H,2-3,8-12H2,1H3. The summed E-state index contributed by atoms with van der Waals surface area (Å²) in [4.78, 5) is 2.21. The molecule has 0 aliphatic carbocycles. The molecule has 21 heavy (non-hydrogen) atoms. The number of halogens is 1. The average Bonchev–Trinajstić information content (AvgIpc) is 2.47. The fourth-order valence-corrected chi connectivity index (χ4v) is 2.52. The van der Waals surface area contributed by atoms with Crippen molar-refractivity contribution in [2.45, 2.75) is 32.0 Å². The van der Waals surface area contributed by atoms with Gasteiger partial charge in [0, 0.05) is 19.6 Å². The molecule has 2 atom stereocenters. The minimum atomic E-state index is -0.560. The summed E-state index contributed by atoms with van der Waals surface area (Å²) in [6, 6.07) is 5.82. The molecule has 2 unspecified atom stereocenters. The first-order chi connectivity index (χ1) is 10.2. The van der Waals surface area contributed by atoms with E-state index in [1.165, 1.54) is 12.1 Å². The molecule has 0 spiro atoms. The van der Waals surface area contributed by atoms with Crippen LogP contribution in [0.3, 0.4) is 0 Å². The number of hydrogen-bond donors (Lipinski definition) is 1. The number of β-amino-alcohol motifs (C(OH)–C–C–N with tert-alkyl or cyclic N) is 1. The van der Waals surface area contributed by atoms with Crippen molar-refractivity contribution in [3.63, 3.8) is 0 Å². The number of nitrogens with zero attached hydrogens (tertiary/aromatic N) is 1. The number of aliphatic hydroxyl groups excluding tert-OH is 1. The Balaban J connectivity index is 1.71. The summed E-state index contributed by atoms with van der Waals surface area (Å²) >= 11 is 0. The fourth-order valence-electron chi connectivity index (χ4n) is 2.52. The summed E-state index contributed by atoms with van der Waals surface area (Å²) in [7, 11) is 0. The number of ether oxygens (including phenoxy) is 2. The van der Waals surface area contributed by atoms with Gasteiger partial charge in [-0.25, -0.2) is 4.39 Å². The Hall–Kier alpha value is -1.17. The van der Waals surface area contributed by atoms with E-state index in [-0.39, 0.29) is 18.5 Å². The first kappa shape index (κ1) is 16.2. The molecular formula is C16H24FNO3. The predicted octanol–water partition coefficient (Wildman–Crippen LogP) is 2.07. The van der Waals surface area contributed by atoms with Gasteiger partial charge in [0.2, 0.25) is 0 Å². The second-order valence-electron chi connectivity index (χ2n) is 5.46. The van der Waals surface area contributed by atoms with Gasteiger partial charge in [-0.05, 0) is 30.7 Å². The normalized spacial score (nSPS) is 21.2. The molecule has 4 nitrogen and oxygen atoms in total. The second kappa shape index (κ2) is 8.32. The van der Waals surface area contributed by atoms with E-state index in [2.05, 4.69) is 11.8 Å². The molecular weight excluding hydrogens is 273 g/mol. The van der Waals surface area contributed by atoms with Crippen LogP contribution in [0.4, 0.5) is 4.39 Å². The van der Waals surface area contributed by atoms with Crippen molar-refractivity contribution in [1.29, 1.82) is 0 Å². The minimum absolute atomic E-state index is 0.210. The molecule has 1 N–H and O–H groups in total. The summed E-state index contributed by atoms with van der Waals surface area (Å²) in [6.07, 6.45) is 1.87. The monoisotopic (exact) mass is 297 g/mol. The lowest BCUT2D eigenvalue weighted by Gasteiger charge is -2.33. The molecule has 1 heterocycles. The van der Waals surface area contributed by atoms with Crippen LogP contribution in [0.2, 0.25) is 0 Å². The van der Waals surface area contributed by atoms with Crippen LogP contribution in [0.5, 0.6) is 5.75 Å². The van der Waals surface area contributed by atoms with Crippen LogP contribution < -0.4 is 4.74 Å². The van der Waals surface area contributed by atoms with Gasteiger partial charge in [-0.15, -0.1) is 0 Å². The van der Waals surface area contributed by atoms with Crippen LogP contribution in [-0.2, 0) is 4.74 Å². The van der Waals surface area contributed by atoms with Crippen LogP contribution in [0.15, 0.2) is 24.3 Å². The fraction of sp³-hybridized carbons (Fsp3) is 0.625. The van der Waals surface area contributed by atoms with Gasteiger partial charge in [0.05, 0.1) is 12.7 Å². The zero-order valence-corrected chi connectivity index (χ0v) is 12.5. The van der Waals surface area contributed by atoms with E-state index >= 15 is 0 Å². The van der Waals surface area contributed by atoms with E-state index in [1.54, 1.807) is 12.1 Å². The number of hydrogen-bond acceptors (Lipinski definition) is 4. The molecule has 0 radical (unpaired) electrons. The van der Waals surface area contributed by atoms with E-state index < -0.39 is 6.10 Å². The third-order valence-electron chi connectivity index (χ3n) is 3.56. The van der Waals surface area contributed by atoms with Gasteiger partial charge in [0.15, 0.2) is 0 Å². The largest absolute Gasteiger partial charge is 0.491 e. The summed E-state index contributed by atoms with van der Waals surface area (Å²) in [5, 5.41) is 10.1. The first-order valence-electron chi connectivity index (χ1n) is 7.57. The SMILES string of the molecule is CCCC1CN(CC(O)COc2ccc(F)cc2)CCO1. The molecule has 1 saturated heterocycles. The maximum atomic E-state index is 12.8. The van der Waals surface area contributed by atoms with Crippen molar-refractivity contribution in [3.8, 4) is 5.75 Å². The van der Waals surface area contributed by atoms with Gasteiger partial charge in [-0.1, -0.05) is 13.3 Å². The second-order valence-corrected chi connectivity index (χ2v) is 5.46. The summed E-state index contributed by atoms with van der Waals surface area (Å²) in [5.74, 6) is 0.277. The van der Waals surface area contributed by atoms with Crippen molar-refractivity contribution < 1.29 is 19.0 Å². The van der Waals surface area contributed by atoms with Gasteiger partial charge in [0.25, 0.3) is 0 Å². The highest BCUT2D eigenvalue weighted by Crippen LogP contribution is 2.13. The maximum Gasteiger partial charge on any atom is 0.123 e. The Labute approximate surface area is 125 Å². The highest BCUT2D eigenvalue weighted by atomic mass is 19.1. The molecule has 0 bridgehead atoms. The average molecular weight is 297 g/mol.